The molecular weight excluding hydrogens is 252 g/mol. The van der Waals surface area contributed by atoms with Gasteiger partial charge >= 0.3 is 5.97 Å². The van der Waals surface area contributed by atoms with Gasteiger partial charge in [-0.25, -0.2) is 4.79 Å². The molecule has 1 aromatic heterocycles. The van der Waals surface area contributed by atoms with Crippen LogP contribution in [0, 0.1) is 11.3 Å². The molecule has 0 atom stereocenters. The van der Waals surface area contributed by atoms with E-state index in [1.54, 1.807) is 31.3 Å². The van der Waals surface area contributed by atoms with Crippen LogP contribution < -0.4 is 0 Å². The first-order chi connectivity index (χ1) is 9.72. The number of aromatic nitrogens is 1. The van der Waals surface area contributed by atoms with Crippen LogP contribution in [0.15, 0.2) is 42.7 Å². The van der Waals surface area contributed by atoms with E-state index in [2.05, 4.69) is 11.1 Å². The fourth-order valence-corrected chi connectivity index (χ4v) is 1.84. The number of rotatable bonds is 4. The van der Waals surface area contributed by atoms with Gasteiger partial charge in [0.15, 0.2) is 0 Å². The number of esters is 1. The summed E-state index contributed by atoms with van der Waals surface area (Å²) in [6, 6.07) is 11.2. The highest BCUT2D eigenvalue weighted by atomic mass is 16.5. The van der Waals surface area contributed by atoms with Crippen LogP contribution >= 0.6 is 0 Å². The Morgan fingerprint density at radius 3 is 2.65 bits per heavy atom. The molecular formula is C16H14N2O2. The molecule has 4 heteroatoms. The van der Waals surface area contributed by atoms with E-state index < -0.39 is 0 Å². The number of hydrogen-bond donors (Lipinski definition) is 0. The third-order valence-corrected chi connectivity index (χ3v) is 2.80. The van der Waals surface area contributed by atoms with Crippen LogP contribution in [0.25, 0.3) is 0 Å². The van der Waals surface area contributed by atoms with Gasteiger partial charge in [-0.05, 0) is 42.7 Å². The molecule has 0 bridgehead atoms. The molecule has 1 heterocycles. The van der Waals surface area contributed by atoms with Gasteiger partial charge in [0.1, 0.15) is 0 Å². The standard InChI is InChI=1S/C16H14N2O2/c1-2-20-16(19)15-8-14(10-18-11-15)7-12-3-5-13(9-17)6-4-12/h3-6,8,10-11H,2,7H2,1H3. The lowest BCUT2D eigenvalue weighted by Crippen LogP contribution is -2.05. The van der Waals surface area contributed by atoms with Crippen molar-refractivity contribution >= 4 is 5.97 Å². The zero-order valence-electron chi connectivity index (χ0n) is 11.2. The Morgan fingerprint density at radius 1 is 1.25 bits per heavy atom. The first-order valence-corrected chi connectivity index (χ1v) is 6.33. The summed E-state index contributed by atoms with van der Waals surface area (Å²) in [4.78, 5) is 15.7. The number of carbonyl (C=O) groups is 1. The minimum Gasteiger partial charge on any atom is -0.462 e. The molecule has 0 saturated heterocycles. The van der Waals surface area contributed by atoms with Crippen molar-refractivity contribution in [3.8, 4) is 6.07 Å². The maximum atomic E-state index is 11.6. The average Bonchev–Trinajstić information content (AvgIpc) is 2.48. The van der Waals surface area contributed by atoms with E-state index in [4.69, 9.17) is 10.00 Å². The second kappa shape index (κ2) is 6.48. The molecule has 20 heavy (non-hydrogen) atoms. The minimum atomic E-state index is -0.360. The summed E-state index contributed by atoms with van der Waals surface area (Å²) in [6.07, 6.45) is 3.88. The number of nitriles is 1. The number of benzene rings is 1. The normalized spacial score (nSPS) is 9.80. The summed E-state index contributed by atoms with van der Waals surface area (Å²) in [6.45, 7) is 2.12. The Balaban J connectivity index is 2.15. The van der Waals surface area contributed by atoms with Crippen LogP contribution in [-0.2, 0) is 11.2 Å². The first-order valence-electron chi connectivity index (χ1n) is 6.33. The summed E-state index contributed by atoms with van der Waals surface area (Å²) in [5, 5.41) is 8.75. The molecule has 0 unspecified atom stereocenters. The Kier molecular flexibility index (Phi) is 4.46. The van der Waals surface area contributed by atoms with Gasteiger partial charge in [-0.15, -0.1) is 0 Å². The number of hydrogen-bond acceptors (Lipinski definition) is 4. The molecule has 0 N–H and O–H groups in total. The molecule has 0 aliphatic rings. The van der Waals surface area contributed by atoms with Gasteiger partial charge in [-0.1, -0.05) is 12.1 Å². The molecule has 0 amide bonds. The highest BCUT2D eigenvalue weighted by Gasteiger charge is 2.07. The van der Waals surface area contributed by atoms with E-state index in [1.807, 2.05) is 12.1 Å². The van der Waals surface area contributed by atoms with Crippen LogP contribution in [-0.4, -0.2) is 17.6 Å². The lowest BCUT2D eigenvalue weighted by Gasteiger charge is -2.05. The van der Waals surface area contributed by atoms with E-state index in [0.29, 0.717) is 24.2 Å². The molecule has 2 aromatic rings. The van der Waals surface area contributed by atoms with Gasteiger partial charge in [0, 0.05) is 12.4 Å². The number of carbonyl (C=O) groups excluding carboxylic acids is 1. The zero-order valence-corrected chi connectivity index (χ0v) is 11.2. The summed E-state index contributed by atoms with van der Waals surface area (Å²) in [5.74, 6) is -0.360. The van der Waals surface area contributed by atoms with Gasteiger partial charge in [0.2, 0.25) is 0 Å². The third kappa shape index (κ3) is 3.42. The molecule has 0 spiro atoms. The average molecular weight is 266 g/mol. The topological polar surface area (TPSA) is 63.0 Å². The largest absolute Gasteiger partial charge is 0.462 e. The van der Waals surface area contributed by atoms with Crippen molar-refractivity contribution in [2.24, 2.45) is 0 Å². The highest BCUT2D eigenvalue weighted by molar-refractivity contribution is 5.89. The molecule has 2 rings (SSSR count). The van der Waals surface area contributed by atoms with Crippen molar-refractivity contribution in [2.45, 2.75) is 13.3 Å². The second-order valence-electron chi connectivity index (χ2n) is 4.29. The molecule has 0 aliphatic heterocycles. The monoisotopic (exact) mass is 266 g/mol. The van der Waals surface area contributed by atoms with Crippen molar-refractivity contribution in [2.75, 3.05) is 6.61 Å². The fourth-order valence-electron chi connectivity index (χ4n) is 1.84. The van der Waals surface area contributed by atoms with E-state index in [0.717, 1.165) is 11.1 Å². The van der Waals surface area contributed by atoms with Crippen LogP contribution in [0.3, 0.4) is 0 Å². The zero-order chi connectivity index (χ0) is 14.4. The van der Waals surface area contributed by atoms with Crippen LogP contribution in [0.5, 0.6) is 0 Å². The Labute approximate surface area is 117 Å². The molecule has 1 aromatic carbocycles. The first kappa shape index (κ1) is 13.8. The predicted octanol–water partition coefficient (Wildman–Crippen LogP) is 2.72. The Bertz CT molecular complexity index is 642. The van der Waals surface area contributed by atoms with Crippen LogP contribution in [0.2, 0.25) is 0 Å². The second-order valence-corrected chi connectivity index (χ2v) is 4.29. The molecule has 0 saturated carbocycles. The van der Waals surface area contributed by atoms with E-state index in [-0.39, 0.29) is 5.97 Å². The number of nitrogens with zero attached hydrogens (tertiary/aromatic N) is 2. The smallest absolute Gasteiger partial charge is 0.339 e. The van der Waals surface area contributed by atoms with E-state index >= 15 is 0 Å². The van der Waals surface area contributed by atoms with Gasteiger partial charge < -0.3 is 4.74 Å². The summed E-state index contributed by atoms with van der Waals surface area (Å²) < 4.78 is 4.95. The Morgan fingerprint density at radius 2 is 2.00 bits per heavy atom. The minimum absolute atomic E-state index is 0.346. The quantitative estimate of drug-likeness (QED) is 0.798. The van der Waals surface area contributed by atoms with Crippen molar-refractivity contribution in [3.05, 3.63) is 65.0 Å². The van der Waals surface area contributed by atoms with Crippen molar-refractivity contribution in [1.29, 1.82) is 5.26 Å². The highest BCUT2D eigenvalue weighted by Crippen LogP contribution is 2.12. The molecule has 4 nitrogen and oxygen atoms in total. The van der Waals surface area contributed by atoms with Gasteiger partial charge in [-0.3, -0.25) is 4.98 Å². The van der Waals surface area contributed by atoms with Crippen LogP contribution in [0.4, 0.5) is 0 Å². The molecule has 100 valence electrons. The lowest BCUT2D eigenvalue weighted by molar-refractivity contribution is 0.0525. The van der Waals surface area contributed by atoms with Crippen molar-refractivity contribution in [3.63, 3.8) is 0 Å². The van der Waals surface area contributed by atoms with Gasteiger partial charge in [0.05, 0.1) is 23.8 Å². The lowest BCUT2D eigenvalue weighted by atomic mass is 10.0. The third-order valence-electron chi connectivity index (χ3n) is 2.80. The Hall–Kier alpha value is -2.67. The van der Waals surface area contributed by atoms with E-state index in [1.165, 1.54) is 6.20 Å². The molecule has 0 fully saturated rings. The summed E-state index contributed by atoms with van der Waals surface area (Å²) in [5.41, 5.74) is 3.08. The van der Waals surface area contributed by atoms with Gasteiger partial charge in [-0.2, -0.15) is 5.26 Å². The number of pyridine rings is 1. The van der Waals surface area contributed by atoms with Crippen molar-refractivity contribution in [1.82, 2.24) is 4.98 Å². The summed E-state index contributed by atoms with van der Waals surface area (Å²) >= 11 is 0. The van der Waals surface area contributed by atoms with Crippen LogP contribution in [0.1, 0.15) is 34.0 Å². The summed E-state index contributed by atoms with van der Waals surface area (Å²) in [7, 11) is 0. The fraction of sp³-hybridized carbons (Fsp3) is 0.188. The maximum Gasteiger partial charge on any atom is 0.339 e. The maximum absolute atomic E-state index is 11.6. The number of ether oxygens (including phenoxy) is 1. The predicted molar refractivity (Wildman–Crippen MR) is 74.2 cm³/mol. The van der Waals surface area contributed by atoms with E-state index in [9.17, 15) is 4.79 Å². The molecule has 0 aliphatic carbocycles. The molecule has 0 radical (unpaired) electrons. The SMILES string of the molecule is CCOC(=O)c1cncc(Cc2ccc(C#N)cc2)c1. The van der Waals surface area contributed by atoms with Crippen molar-refractivity contribution < 1.29 is 9.53 Å². The van der Waals surface area contributed by atoms with Gasteiger partial charge in [0.25, 0.3) is 0 Å².